The van der Waals surface area contributed by atoms with E-state index in [2.05, 4.69) is 18.2 Å². The topological polar surface area (TPSA) is 30.9 Å². The van der Waals surface area contributed by atoms with Gasteiger partial charge in [-0.2, -0.15) is 0 Å². The molecule has 19 heavy (non-hydrogen) atoms. The number of nitrogens with two attached hydrogens (primary N) is 1. The second-order valence-corrected chi connectivity index (χ2v) is 4.81. The van der Waals surface area contributed by atoms with Crippen LogP contribution in [0.3, 0.4) is 0 Å². The molecule has 0 saturated heterocycles. The van der Waals surface area contributed by atoms with Crippen LogP contribution in [-0.2, 0) is 6.54 Å². The fourth-order valence-corrected chi connectivity index (χ4v) is 2.34. The summed E-state index contributed by atoms with van der Waals surface area (Å²) in [5.41, 5.74) is 9.19. The first kappa shape index (κ1) is 11.8. The van der Waals surface area contributed by atoms with Crippen molar-refractivity contribution < 1.29 is 4.39 Å². The largest absolute Gasteiger partial charge is 0.398 e. The minimum Gasteiger partial charge on any atom is -0.398 e. The molecule has 0 aliphatic rings. The predicted octanol–water partition coefficient (Wildman–Crippen LogP) is 3.72. The second kappa shape index (κ2) is 4.43. The Kier molecular flexibility index (Phi) is 2.75. The van der Waals surface area contributed by atoms with E-state index in [1.807, 2.05) is 23.8 Å². The predicted molar refractivity (Wildman–Crippen MR) is 76.6 cm³/mol. The number of rotatable bonds is 2. The van der Waals surface area contributed by atoms with Crippen molar-refractivity contribution in [1.29, 1.82) is 0 Å². The lowest BCUT2D eigenvalue weighted by Gasteiger charge is -2.10. The van der Waals surface area contributed by atoms with E-state index in [4.69, 9.17) is 5.73 Å². The van der Waals surface area contributed by atoms with Gasteiger partial charge in [-0.05, 0) is 42.1 Å². The number of aryl methyl sites for hydroxylation is 1. The molecule has 0 aliphatic carbocycles. The number of nitrogens with zero attached hydrogens (tertiary/aromatic N) is 1. The number of fused-ring (bicyclic) bond motifs is 1. The van der Waals surface area contributed by atoms with Crippen LogP contribution in [0, 0.1) is 12.7 Å². The van der Waals surface area contributed by atoms with E-state index in [0.29, 0.717) is 17.8 Å². The Morgan fingerprint density at radius 2 is 2.00 bits per heavy atom. The number of halogens is 1. The first-order chi connectivity index (χ1) is 9.15. The molecule has 0 fully saturated rings. The maximum absolute atomic E-state index is 13.8. The summed E-state index contributed by atoms with van der Waals surface area (Å²) in [6.07, 6.45) is 1.97. The minimum atomic E-state index is -0.255. The number of benzene rings is 2. The third-order valence-corrected chi connectivity index (χ3v) is 3.41. The molecule has 3 heteroatoms. The highest BCUT2D eigenvalue weighted by Crippen LogP contribution is 2.22. The zero-order valence-electron chi connectivity index (χ0n) is 10.7. The third kappa shape index (κ3) is 2.08. The molecule has 3 rings (SSSR count). The molecule has 96 valence electrons. The maximum atomic E-state index is 13.8. The lowest BCUT2D eigenvalue weighted by Crippen LogP contribution is -2.04. The van der Waals surface area contributed by atoms with Crippen molar-refractivity contribution in [2.24, 2.45) is 0 Å². The number of nitrogen functional groups attached to an aromatic ring is 1. The molecule has 0 radical (unpaired) electrons. The molecule has 2 N–H and O–H groups in total. The molecule has 0 atom stereocenters. The van der Waals surface area contributed by atoms with Gasteiger partial charge in [-0.25, -0.2) is 4.39 Å². The summed E-state index contributed by atoms with van der Waals surface area (Å²) in [6, 6.07) is 13.1. The zero-order chi connectivity index (χ0) is 13.4. The molecule has 0 saturated carbocycles. The molecule has 0 spiro atoms. The van der Waals surface area contributed by atoms with Gasteiger partial charge in [0.15, 0.2) is 0 Å². The van der Waals surface area contributed by atoms with Crippen molar-refractivity contribution in [2.45, 2.75) is 13.5 Å². The highest BCUT2D eigenvalue weighted by Gasteiger charge is 2.08. The summed E-state index contributed by atoms with van der Waals surface area (Å²) in [4.78, 5) is 0. The van der Waals surface area contributed by atoms with Crippen molar-refractivity contribution >= 4 is 16.6 Å². The Morgan fingerprint density at radius 1 is 1.16 bits per heavy atom. The number of anilines is 1. The van der Waals surface area contributed by atoms with Crippen molar-refractivity contribution in [3.8, 4) is 0 Å². The molecule has 0 bridgehead atoms. The van der Waals surface area contributed by atoms with Crippen LogP contribution >= 0.6 is 0 Å². The highest BCUT2D eigenvalue weighted by molar-refractivity contribution is 5.81. The van der Waals surface area contributed by atoms with Crippen LogP contribution in [0.25, 0.3) is 10.9 Å². The summed E-state index contributed by atoms with van der Waals surface area (Å²) in [6.45, 7) is 2.50. The molecule has 0 amide bonds. The average Bonchev–Trinajstić information content (AvgIpc) is 2.76. The molecular weight excluding hydrogens is 239 g/mol. The average molecular weight is 254 g/mol. The Labute approximate surface area is 111 Å². The Morgan fingerprint density at radius 3 is 2.79 bits per heavy atom. The molecule has 1 aromatic heterocycles. The van der Waals surface area contributed by atoms with Gasteiger partial charge < -0.3 is 10.3 Å². The monoisotopic (exact) mass is 254 g/mol. The quantitative estimate of drug-likeness (QED) is 0.694. The Hall–Kier alpha value is -2.29. The standard InChI is InChI=1S/C16H15FN2/c1-11-5-6-12-7-8-19(16(12)9-11)10-13-14(17)3-2-4-15(13)18/h2-9H,10,18H2,1H3. The van der Waals surface area contributed by atoms with Crippen LogP contribution in [0.1, 0.15) is 11.1 Å². The van der Waals surface area contributed by atoms with Crippen molar-refractivity contribution in [2.75, 3.05) is 5.73 Å². The smallest absolute Gasteiger partial charge is 0.130 e. The van der Waals surface area contributed by atoms with E-state index in [0.717, 1.165) is 10.9 Å². The highest BCUT2D eigenvalue weighted by atomic mass is 19.1. The SMILES string of the molecule is Cc1ccc2ccn(Cc3c(N)cccc3F)c2c1. The molecule has 0 unspecified atom stereocenters. The lowest BCUT2D eigenvalue weighted by atomic mass is 10.1. The first-order valence-corrected chi connectivity index (χ1v) is 6.23. The van der Waals surface area contributed by atoms with Crippen molar-refractivity contribution in [3.05, 3.63) is 65.6 Å². The normalized spacial score (nSPS) is 11.1. The van der Waals surface area contributed by atoms with E-state index in [1.54, 1.807) is 12.1 Å². The van der Waals surface area contributed by atoms with E-state index in [9.17, 15) is 4.39 Å². The molecule has 2 aromatic carbocycles. The van der Waals surface area contributed by atoms with Crippen LogP contribution < -0.4 is 5.73 Å². The van der Waals surface area contributed by atoms with E-state index in [1.165, 1.54) is 11.6 Å². The van der Waals surface area contributed by atoms with E-state index >= 15 is 0 Å². The fourth-order valence-electron chi connectivity index (χ4n) is 2.34. The van der Waals surface area contributed by atoms with Crippen LogP contribution in [0.4, 0.5) is 10.1 Å². The van der Waals surface area contributed by atoms with Crippen LogP contribution in [0.15, 0.2) is 48.7 Å². The van der Waals surface area contributed by atoms with Gasteiger partial charge in [-0.15, -0.1) is 0 Å². The van der Waals surface area contributed by atoms with Gasteiger partial charge in [-0.3, -0.25) is 0 Å². The molecule has 0 aliphatic heterocycles. The number of hydrogen-bond acceptors (Lipinski definition) is 1. The number of hydrogen-bond donors (Lipinski definition) is 1. The summed E-state index contributed by atoms with van der Waals surface area (Å²) >= 11 is 0. The Bertz CT molecular complexity index is 723. The van der Waals surface area contributed by atoms with Crippen LogP contribution in [0.5, 0.6) is 0 Å². The number of aromatic nitrogens is 1. The van der Waals surface area contributed by atoms with Gasteiger partial charge in [0.05, 0.1) is 6.54 Å². The van der Waals surface area contributed by atoms with Crippen molar-refractivity contribution in [3.63, 3.8) is 0 Å². The second-order valence-electron chi connectivity index (χ2n) is 4.81. The lowest BCUT2D eigenvalue weighted by molar-refractivity contribution is 0.603. The Balaban J connectivity index is 2.08. The molecule has 1 heterocycles. The van der Waals surface area contributed by atoms with E-state index in [-0.39, 0.29) is 5.82 Å². The van der Waals surface area contributed by atoms with Gasteiger partial charge in [0.25, 0.3) is 0 Å². The third-order valence-electron chi connectivity index (χ3n) is 3.41. The zero-order valence-corrected chi connectivity index (χ0v) is 10.7. The summed E-state index contributed by atoms with van der Waals surface area (Å²) in [5, 5.41) is 1.15. The summed E-state index contributed by atoms with van der Waals surface area (Å²) < 4.78 is 15.9. The van der Waals surface area contributed by atoms with Gasteiger partial charge in [0.1, 0.15) is 5.82 Å². The molecule has 3 aromatic rings. The van der Waals surface area contributed by atoms with Crippen LogP contribution in [-0.4, -0.2) is 4.57 Å². The minimum absolute atomic E-state index is 0.255. The fraction of sp³-hybridized carbons (Fsp3) is 0.125. The van der Waals surface area contributed by atoms with Crippen LogP contribution in [0.2, 0.25) is 0 Å². The van der Waals surface area contributed by atoms with Gasteiger partial charge in [0, 0.05) is 23.0 Å². The molecule has 2 nitrogen and oxygen atoms in total. The van der Waals surface area contributed by atoms with Gasteiger partial charge >= 0.3 is 0 Å². The van der Waals surface area contributed by atoms with Gasteiger partial charge in [-0.1, -0.05) is 18.2 Å². The first-order valence-electron chi connectivity index (χ1n) is 6.23. The van der Waals surface area contributed by atoms with Gasteiger partial charge in [0.2, 0.25) is 0 Å². The molecular formula is C16H15FN2. The summed E-state index contributed by atoms with van der Waals surface area (Å²) in [5.74, 6) is -0.255. The maximum Gasteiger partial charge on any atom is 0.130 e. The summed E-state index contributed by atoms with van der Waals surface area (Å²) in [7, 11) is 0. The van der Waals surface area contributed by atoms with Crippen molar-refractivity contribution in [1.82, 2.24) is 4.57 Å². The van der Waals surface area contributed by atoms with E-state index < -0.39 is 0 Å².